The maximum Gasteiger partial charge on any atom is 0.319 e. The molecule has 0 aliphatic carbocycles. The number of amides is 3. The lowest BCUT2D eigenvalue weighted by Gasteiger charge is -2.29. The lowest BCUT2D eigenvalue weighted by Crippen LogP contribution is -2.49. The molecular formula is C12H19N3O2. The first-order chi connectivity index (χ1) is 8.10. The highest BCUT2D eigenvalue weighted by atomic mass is 16.2. The van der Waals surface area contributed by atoms with Gasteiger partial charge in [0.25, 0.3) is 0 Å². The van der Waals surface area contributed by atoms with Crippen LogP contribution in [0.3, 0.4) is 0 Å². The highest BCUT2D eigenvalue weighted by Gasteiger charge is 2.26. The maximum atomic E-state index is 11.3. The molecule has 1 heterocycles. The van der Waals surface area contributed by atoms with E-state index in [4.69, 9.17) is 5.73 Å². The minimum absolute atomic E-state index is 0.0521. The molecule has 94 valence electrons. The first kappa shape index (κ1) is 15.0. The van der Waals surface area contributed by atoms with Gasteiger partial charge in [-0.25, -0.2) is 4.79 Å². The molecule has 0 bridgehead atoms. The molecule has 5 nitrogen and oxygen atoms in total. The Labute approximate surface area is 102 Å². The second kappa shape index (κ2) is 7.27. The zero-order valence-corrected chi connectivity index (χ0v) is 10.5. The van der Waals surface area contributed by atoms with Gasteiger partial charge in [0.2, 0.25) is 5.91 Å². The van der Waals surface area contributed by atoms with E-state index in [2.05, 4.69) is 11.9 Å². The average molecular weight is 237 g/mol. The Hall–Kier alpha value is -2.04. The highest BCUT2D eigenvalue weighted by molar-refractivity contribution is 5.89. The largest absolute Gasteiger partial charge is 0.351 e. The Balaban J connectivity index is 0.00000121. The zero-order chi connectivity index (χ0) is 13.4. The van der Waals surface area contributed by atoms with E-state index < -0.39 is 6.03 Å². The van der Waals surface area contributed by atoms with Crippen molar-refractivity contribution in [3.05, 3.63) is 36.2 Å². The number of nitrogens with zero attached hydrogens (tertiary/aromatic N) is 1. The number of nitrogens with two attached hydrogens (primary N) is 1. The SMILES string of the molecule is C=C/C=C1/NC(=O)CN(C(N)=O)/C1=C/C.CC. The van der Waals surface area contributed by atoms with Gasteiger partial charge < -0.3 is 11.1 Å². The number of urea groups is 1. The van der Waals surface area contributed by atoms with Gasteiger partial charge in [0.1, 0.15) is 6.54 Å². The normalized spacial score (nSPS) is 19.5. The van der Waals surface area contributed by atoms with Gasteiger partial charge in [-0.2, -0.15) is 0 Å². The van der Waals surface area contributed by atoms with Crippen LogP contribution in [0.15, 0.2) is 36.2 Å². The van der Waals surface area contributed by atoms with Crippen LogP contribution in [0.25, 0.3) is 0 Å². The van der Waals surface area contributed by atoms with Gasteiger partial charge >= 0.3 is 6.03 Å². The molecule has 0 saturated carbocycles. The molecule has 0 aromatic rings. The number of carbonyl (C=O) groups is 2. The molecule has 1 aliphatic heterocycles. The van der Waals surface area contributed by atoms with E-state index in [1.54, 1.807) is 19.1 Å². The molecule has 1 rings (SSSR count). The Morgan fingerprint density at radius 2 is 2.12 bits per heavy atom. The van der Waals surface area contributed by atoms with Gasteiger partial charge in [0.05, 0.1) is 11.4 Å². The van der Waals surface area contributed by atoms with Crippen molar-refractivity contribution >= 4 is 11.9 Å². The van der Waals surface area contributed by atoms with Gasteiger partial charge in [-0.05, 0) is 13.0 Å². The maximum absolute atomic E-state index is 11.3. The van der Waals surface area contributed by atoms with Crippen molar-refractivity contribution in [1.82, 2.24) is 10.2 Å². The van der Waals surface area contributed by atoms with Gasteiger partial charge in [-0.3, -0.25) is 9.69 Å². The van der Waals surface area contributed by atoms with Crippen LogP contribution in [0, 0.1) is 0 Å². The molecule has 1 aliphatic rings. The third-order valence-corrected chi connectivity index (χ3v) is 1.97. The molecule has 0 aromatic heterocycles. The summed E-state index contributed by atoms with van der Waals surface area (Å²) in [5.41, 5.74) is 6.28. The predicted molar refractivity (Wildman–Crippen MR) is 67.8 cm³/mol. The topological polar surface area (TPSA) is 75.4 Å². The number of primary amides is 1. The summed E-state index contributed by atoms with van der Waals surface area (Å²) < 4.78 is 0. The molecule has 0 aromatic carbocycles. The number of piperazine rings is 1. The van der Waals surface area contributed by atoms with Gasteiger partial charge in [-0.15, -0.1) is 0 Å². The molecule has 0 radical (unpaired) electrons. The summed E-state index contributed by atoms with van der Waals surface area (Å²) in [6.07, 6.45) is 4.85. The summed E-state index contributed by atoms with van der Waals surface area (Å²) in [7, 11) is 0. The number of rotatable bonds is 1. The molecule has 0 unspecified atom stereocenters. The van der Waals surface area contributed by atoms with Crippen molar-refractivity contribution in [2.75, 3.05) is 6.54 Å². The number of hydrogen-bond donors (Lipinski definition) is 2. The fourth-order valence-corrected chi connectivity index (χ4v) is 1.38. The molecular weight excluding hydrogens is 218 g/mol. The second-order valence-corrected chi connectivity index (χ2v) is 2.96. The standard InChI is InChI=1S/C10H13N3O2.C2H6/c1-3-5-7-8(4-2)13(10(11)15)6-9(14)12-7;1-2/h3-5H,1,6H2,2H3,(H2,11,15)(H,12,14);1-2H3/b7-5+,8-4+;. The minimum Gasteiger partial charge on any atom is -0.351 e. The van der Waals surface area contributed by atoms with Gasteiger partial charge in [0.15, 0.2) is 0 Å². The van der Waals surface area contributed by atoms with Crippen LogP contribution < -0.4 is 11.1 Å². The summed E-state index contributed by atoms with van der Waals surface area (Å²) >= 11 is 0. The van der Waals surface area contributed by atoms with Crippen LogP contribution in [0.4, 0.5) is 4.79 Å². The number of carbonyl (C=O) groups excluding carboxylic acids is 2. The van der Waals surface area contributed by atoms with Crippen molar-refractivity contribution in [3.63, 3.8) is 0 Å². The van der Waals surface area contributed by atoms with E-state index in [0.29, 0.717) is 11.4 Å². The van der Waals surface area contributed by atoms with E-state index >= 15 is 0 Å². The smallest absolute Gasteiger partial charge is 0.319 e. The van der Waals surface area contributed by atoms with E-state index in [-0.39, 0.29) is 12.5 Å². The first-order valence-electron chi connectivity index (χ1n) is 5.46. The van der Waals surface area contributed by atoms with E-state index in [9.17, 15) is 9.59 Å². The first-order valence-corrected chi connectivity index (χ1v) is 5.46. The van der Waals surface area contributed by atoms with Crippen LogP contribution in [-0.2, 0) is 4.79 Å². The summed E-state index contributed by atoms with van der Waals surface area (Å²) in [4.78, 5) is 23.6. The predicted octanol–water partition coefficient (Wildman–Crippen LogP) is 1.50. The molecule has 17 heavy (non-hydrogen) atoms. The van der Waals surface area contributed by atoms with Crippen LogP contribution in [0.1, 0.15) is 20.8 Å². The third kappa shape index (κ3) is 3.79. The van der Waals surface area contributed by atoms with Crippen molar-refractivity contribution in [1.29, 1.82) is 0 Å². The zero-order valence-electron chi connectivity index (χ0n) is 10.5. The quantitative estimate of drug-likeness (QED) is 0.725. The van der Waals surface area contributed by atoms with Crippen molar-refractivity contribution in [2.24, 2.45) is 5.73 Å². The molecule has 0 spiro atoms. The summed E-state index contributed by atoms with van der Waals surface area (Å²) in [5.74, 6) is -0.271. The summed E-state index contributed by atoms with van der Waals surface area (Å²) in [6.45, 7) is 9.24. The van der Waals surface area contributed by atoms with Crippen LogP contribution >= 0.6 is 0 Å². The Morgan fingerprint density at radius 1 is 1.53 bits per heavy atom. The van der Waals surface area contributed by atoms with E-state index in [1.807, 2.05) is 13.8 Å². The average Bonchev–Trinajstić information content (AvgIpc) is 2.31. The Kier molecular flexibility index (Phi) is 6.40. The minimum atomic E-state index is -0.645. The third-order valence-electron chi connectivity index (χ3n) is 1.97. The van der Waals surface area contributed by atoms with Crippen molar-refractivity contribution < 1.29 is 9.59 Å². The van der Waals surface area contributed by atoms with Gasteiger partial charge in [-0.1, -0.05) is 32.6 Å². The van der Waals surface area contributed by atoms with Crippen molar-refractivity contribution in [3.8, 4) is 0 Å². The second-order valence-electron chi connectivity index (χ2n) is 2.96. The highest BCUT2D eigenvalue weighted by Crippen LogP contribution is 2.17. The summed E-state index contributed by atoms with van der Waals surface area (Å²) in [6, 6.07) is -0.645. The molecule has 5 heteroatoms. The number of allylic oxidation sites excluding steroid dienone is 3. The monoisotopic (exact) mass is 237 g/mol. The fourth-order valence-electron chi connectivity index (χ4n) is 1.38. The number of nitrogens with one attached hydrogen (secondary N) is 1. The lowest BCUT2D eigenvalue weighted by atomic mass is 10.2. The van der Waals surface area contributed by atoms with Crippen molar-refractivity contribution in [2.45, 2.75) is 20.8 Å². The van der Waals surface area contributed by atoms with E-state index in [0.717, 1.165) is 0 Å². The molecule has 3 N–H and O–H groups in total. The van der Waals surface area contributed by atoms with Crippen LogP contribution in [0.2, 0.25) is 0 Å². The van der Waals surface area contributed by atoms with Crippen LogP contribution in [-0.4, -0.2) is 23.4 Å². The fraction of sp³-hybridized carbons (Fsp3) is 0.333. The molecule has 1 saturated heterocycles. The Bertz CT molecular complexity index is 370. The summed E-state index contributed by atoms with van der Waals surface area (Å²) in [5, 5.41) is 2.64. The van der Waals surface area contributed by atoms with Gasteiger partial charge in [0, 0.05) is 0 Å². The number of hydrogen-bond acceptors (Lipinski definition) is 2. The Morgan fingerprint density at radius 3 is 2.53 bits per heavy atom. The van der Waals surface area contributed by atoms with E-state index in [1.165, 1.54) is 11.0 Å². The molecule has 0 atom stereocenters. The molecule has 1 fully saturated rings. The molecule has 3 amide bonds. The lowest BCUT2D eigenvalue weighted by molar-refractivity contribution is -0.121. The van der Waals surface area contributed by atoms with Crippen LogP contribution in [0.5, 0.6) is 0 Å².